The van der Waals surface area contributed by atoms with Crippen molar-refractivity contribution in [3.05, 3.63) is 35.9 Å². The molecule has 0 unspecified atom stereocenters. The third-order valence-electron chi connectivity index (χ3n) is 1.84. The minimum atomic E-state index is -0.713. The molecule has 4 N–H and O–H groups in total. The summed E-state index contributed by atoms with van der Waals surface area (Å²) in [7, 11) is 0. The SMILES string of the molecule is NC(=O)NN[C@@H](C=O)Cc1ccccc1. The first-order chi connectivity index (χ1) is 7.22. The second kappa shape index (κ2) is 5.77. The molecule has 1 rings (SSSR count). The topological polar surface area (TPSA) is 84.2 Å². The van der Waals surface area contributed by atoms with E-state index in [-0.39, 0.29) is 0 Å². The van der Waals surface area contributed by atoms with Crippen molar-refractivity contribution in [1.82, 2.24) is 10.9 Å². The second-order valence-corrected chi connectivity index (χ2v) is 3.07. The number of benzene rings is 1. The Morgan fingerprint density at radius 2 is 2.07 bits per heavy atom. The maximum atomic E-state index is 10.7. The zero-order valence-electron chi connectivity index (χ0n) is 8.14. The molecule has 15 heavy (non-hydrogen) atoms. The number of nitrogens with one attached hydrogen (secondary N) is 2. The lowest BCUT2D eigenvalue weighted by molar-refractivity contribution is -0.109. The first-order valence-corrected chi connectivity index (χ1v) is 4.52. The van der Waals surface area contributed by atoms with Crippen LogP contribution in [0.2, 0.25) is 0 Å². The first-order valence-electron chi connectivity index (χ1n) is 4.52. The summed E-state index contributed by atoms with van der Waals surface area (Å²) >= 11 is 0. The molecule has 5 heteroatoms. The largest absolute Gasteiger partial charge is 0.351 e. The molecule has 0 fully saturated rings. The Balaban J connectivity index is 2.47. The number of amides is 2. The summed E-state index contributed by atoms with van der Waals surface area (Å²) in [4.78, 5) is 21.1. The Hall–Kier alpha value is -1.88. The van der Waals surface area contributed by atoms with Crippen LogP contribution in [0.25, 0.3) is 0 Å². The van der Waals surface area contributed by atoms with Gasteiger partial charge in [-0.2, -0.15) is 0 Å². The fraction of sp³-hybridized carbons (Fsp3) is 0.200. The van der Waals surface area contributed by atoms with E-state index in [0.29, 0.717) is 6.42 Å². The molecule has 0 aliphatic rings. The summed E-state index contributed by atoms with van der Waals surface area (Å²) in [5.41, 5.74) is 10.6. The molecule has 0 aromatic heterocycles. The molecule has 2 amide bonds. The Morgan fingerprint density at radius 1 is 1.40 bits per heavy atom. The van der Waals surface area contributed by atoms with Crippen molar-refractivity contribution in [2.45, 2.75) is 12.5 Å². The Bertz CT molecular complexity index is 327. The summed E-state index contributed by atoms with van der Waals surface area (Å²) in [5, 5.41) is 0. The Morgan fingerprint density at radius 3 is 2.60 bits per heavy atom. The molecule has 0 bridgehead atoms. The number of hydrazine groups is 1. The molecule has 0 aliphatic heterocycles. The predicted molar refractivity (Wildman–Crippen MR) is 55.9 cm³/mol. The normalized spacial score (nSPS) is 11.7. The maximum absolute atomic E-state index is 10.7. The minimum absolute atomic E-state index is 0.472. The molecule has 0 spiro atoms. The van der Waals surface area contributed by atoms with E-state index in [1.54, 1.807) is 0 Å². The van der Waals surface area contributed by atoms with E-state index >= 15 is 0 Å². The summed E-state index contributed by atoms with van der Waals surface area (Å²) in [6.45, 7) is 0. The lowest BCUT2D eigenvalue weighted by Crippen LogP contribution is -2.48. The number of rotatable bonds is 5. The summed E-state index contributed by atoms with van der Waals surface area (Å²) in [6.07, 6.45) is 1.23. The van der Waals surface area contributed by atoms with E-state index in [2.05, 4.69) is 10.9 Å². The van der Waals surface area contributed by atoms with E-state index in [1.165, 1.54) is 0 Å². The average molecular weight is 207 g/mol. The molecule has 80 valence electrons. The van der Waals surface area contributed by atoms with Gasteiger partial charge in [-0.15, -0.1) is 0 Å². The molecule has 0 saturated heterocycles. The zero-order chi connectivity index (χ0) is 11.1. The van der Waals surface area contributed by atoms with E-state index in [1.807, 2.05) is 30.3 Å². The van der Waals surface area contributed by atoms with Crippen LogP contribution in [0, 0.1) is 0 Å². The van der Waals surface area contributed by atoms with Gasteiger partial charge in [0.05, 0.1) is 6.04 Å². The van der Waals surface area contributed by atoms with Gasteiger partial charge in [0.2, 0.25) is 0 Å². The first kappa shape index (κ1) is 11.2. The van der Waals surface area contributed by atoms with Gasteiger partial charge in [-0.1, -0.05) is 30.3 Å². The third kappa shape index (κ3) is 4.24. The monoisotopic (exact) mass is 207 g/mol. The van der Waals surface area contributed by atoms with Crippen molar-refractivity contribution in [2.24, 2.45) is 5.73 Å². The average Bonchev–Trinajstić information content (AvgIpc) is 2.25. The van der Waals surface area contributed by atoms with Gasteiger partial charge in [0.15, 0.2) is 0 Å². The number of carbonyl (C=O) groups excluding carboxylic acids is 2. The number of hydrogen-bond acceptors (Lipinski definition) is 3. The van der Waals surface area contributed by atoms with Gasteiger partial charge in [0, 0.05) is 0 Å². The van der Waals surface area contributed by atoms with Crippen LogP contribution >= 0.6 is 0 Å². The quantitative estimate of drug-likeness (QED) is 0.468. The van der Waals surface area contributed by atoms with Crippen molar-refractivity contribution in [3.63, 3.8) is 0 Å². The van der Waals surface area contributed by atoms with Gasteiger partial charge >= 0.3 is 6.03 Å². The molecule has 1 atom stereocenters. The summed E-state index contributed by atoms with van der Waals surface area (Å²) in [5.74, 6) is 0. The van der Waals surface area contributed by atoms with Crippen molar-refractivity contribution < 1.29 is 9.59 Å². The highest BCUT2D eigenvalue weighted by Crippen LogP contribution is 2.01. The van der Waals surface area contributed by atoms with Crippen molar-refractivity contribution in [2.75, 3.05) is 0 Å². The molecule has 0 heterocycles. The smallest absolute Gasteiger partial charge is 0.326 e. The van der Waals surface area contributed by atoms with Crippen LogP contribution in [0.1, 0.15) is 5.56 Å². The molecular weight excluding hydrogens is 194 g/mol. The molecular formula is C10H13N3O2. The molecule has 5 nitrogen and oxygen atoms in total. The predicted octanol–water partition coefficient (Wildman–Crippen LogP) is -0.0305. The van der Waals surface area contributed by atoms with Crippen LogP contribution in [0.4, 0.5) is 4.79 Å². The highest BCUT2D eigenvalue weighted by Gasteiger charge is 2.07. The van der Waals surface area contributed by atoms with Gasteiger partial charge in [-0.25, -0.2) is 10.2 Å². The highest BCUT2D eigenvalue weighted by molar-refractivity contribution is 5.71. The number of primary amides is 1. The van der Waals surface area contributed by atoms with Crippen molar-refractivity contribution in [3.8, 4) is 0 Å². The summed E-state index contributed by atoms with van der Waals surface area (Å²) < 4.78 is 0. The summed E-state index contributed by atoms with van der Waals surface area (Å²) in [6, 6.07) is 8.30. The van der Waals surface area contributed by atoms with Crippen LogP contribution in [0.3, 0.4) is 0 Å². The van der Waals surface area contributed by atoms with Gasteiger partial charge < -0.3 is 10.5 Å². The van der Waals surface area contributed by atoms with Gasteiger partial charge in [0.25, 0.3) is 0 Å². The van der Waals surface area contributed by atoms with Crippen LogP contribution in [0.5, 0.6) is 0 Å². The van der Waals surface area contributed by atoms with Gasteiger partial charge in [-0.05, 0) is 12.0 Å². The number of urea groups is 1. The lowest BCUT2D eigenvalue weighted by Gasteiger charge is -2.12. The zero-order valence-corrected chi connectivity index (χ0v) is 8.14. The fourth-order valence-electron chi connectivity index (χ4n) is 1.17. The molecule has 0 radical (unpaired) electrons. The van der Waals surface area contributed by atoms with E-state index < -0.39 is 12.1 Å². The number of aldehydes is 1. The fourth-order valence-corrected chi connectivity index (χ4v) is 1.17. The van der Waals surface area contributed by atoms with E-state index in [0.717, 1.165) is 11.8 Å². The number of carbonyl (C=O) groups is 2. The molecule has 1 aromatic rings. The van der Waals surface area contributed by atoms with Crippen LogP contribution in [-0.4, -0.2) is 18.4 Å². The van der Waals surface area contributed by atoms with Crippen molar-refractivity contribution in [1.29, 1.82) is 0 Å². The highest BCUT2D eigenvalue weighted by atomic mass is 16.2. The van der Waals surface area contributed by atoms with Gasteiger partial charge in [-0.3, -0.25) is 5.43 Å². The maximum Gasteiger partial charge on any atom is 0.326 e. The molecule has 0 aliphatic carbocycles. The van der Waals surface area contributed by atoms with Crippen LogP contribution < -0.4 is 16.6 Å². The molecule has 1 aromatic carbocycles. The van der Waals surface area contributed by atoms with E-state index in [4.69, 9.17) is 5.73 Å². The third-order valence-corrected chi connectivity index (χ3v) is 1.84. The second-order valence-electron chi connectivity index (χ2n) is 3.07. The minimum Gasteiger partial charge on any atom is -0.351 e. The van der Waals surface area contributed by atoms with Crippen LogP contribution in [-0.2, 0) is 11.2 Å². The lowest BCUT2D eigenvalue weighted by atomic mass is 10.1. The number of nitrogens with two attached hydrogens (primary N) is 1. The van der Waals surface area contributed by atoms with Crippen LogP contribution in [0.15, 0.2) is 30.3 Å². The standard InChI is InChI=1S/C10H13N3O2/c11-10(15)13-12-9(7-14)6-8-4-2-1-3-5-8/h1-5,7,9,12H,6H2,(H3,11,13,15)/t9-/m1/s1. The Kier molecular flexibility index (Phi) is 4.30. The van der Waals surface area contributed by atoms with Gasteiger partial charge in [0.1, 0.15) is 6.29 Å². The van der Waals surface area contributed by atoms with Crippen molar-refractivity contribution >= 4 is 12.3 Å². The molecule has 0 saturated carbocycles. The van der Waals surface area contributed by atoms with E-state index in [9.17, 15) is 9.59 Å². The number of hydrogen-bond donors (Lipinski definition) is 3. The Labute approximate surface area is 87.6 Å².